The number of nitrogens with zero attached hydrogens (tertiary/aromatic N) is 5. The molecule has 8 nitrogen and oxygen atoms in total. The molecular weight excluding hydrogens is 418 g/mol. The number of para-hydroxylation sites is 1. The molecule has 33 heavy (non-hydrogen) atoms. The first kappa shape index (κ1) is 21.6. The van der Waals surface area contributed by atoms with Gasteiger partial charge in [0.05, 0.1) is 16.8 Å². The lowest BCUT2D eigenvalue weighted by Crippen LogP contribution is -2.57. The fourth-order valence-corrected chi connectivity index (χ4v) is 5.03. The van der Waals surface area contributed by atoms with E-state index in [9.17, 15) is 9.59 Å². The highest BCUT2D eigenvalue weighted by Gasteiger charge is 2.34. The third-order valence-corrected chi connectivity index (χ3v) is 6.97. The molecule has 0 radical (unpaired) electrons. The summed E-state index contributed by atoms with van der Waals surface area (Å²) in [6, 6.07) is 9.64. The summed E-state index contributed by atoms with van der Waals surface area (Å²) >= 11 is 0. The smallest absolute Gasteiger partial charge is 0.256 e. The Bertz CT molecular complexity index is 1160. The Kier molecular flexibility index (Phi) is 5.85. The van der Waals surface area contributed by atoms with Gasteiger partial charge in [-0.2, -0.15) is 0 Å². The van der Waals surface area contributed by atoms with Crippen molar-refractivity contribution in [2.45, 2.75) is 39.3 Å². The number of aryl methyl sites for hydroxylation is 2. The molecule has 0 spiro atoms. The van der Waals surface area contributed by atoms with E-state index in [1.807, 2.05) is 43.0 Å². The van der Waals surface area contributed by atoms with Gasteiger partial charge in [0.1, 0.15) is 12.3 Å². The van der Waals surface area contributed by atoms with Crippen LogP contribution in [0.5, 0.6) is 0 Å². The van der Waals surface area contributed by atoms with Crippen molar-refractivity contribution >= 4 is 22.7 Å². The van der Waals surface area contributed by atoms with Crippen LogP contribution < -0.4 is 0 Å². The van der Waals surface area contributed by atoms with Gasteiger partial charge in [-0.15, -0.1) is 0 Å². The standard InChI is InChI=1S/C25H29N5O3/c1-17-22(18(2)33-27-17)15-28-11-8-20(9-12-28)30-14-13-29(16-23(30)31)25(32)21-7-3-5-19-6-4-10-26-24(19)21/h3-7,10,20H,8-9,11-16H2,1-2H3. The lowest BCUT2D eigenvalue weighted by Gasteiger charge is -2.42. The summed E-state index contributed by atoms with van der Waals surface area (Å²) in [4.78, 5) is 36.6. The molecule has 0 saturated carbocycles. The van der Waals surface area contributed by atoms with Gasteiger partial charge in [-0.3, -0.25) is 19.5 Å². The SMILES string of the molecule is Cc1noc(C)c1CN1CCC(N2CCN(C(=O)c3cccc4cccnc34)CC2=O)CC1. The number of rotatable bonds is 4. The number of carbonyl (C=O) groups excluding carboxylic acids is 2. The normalized spacial score (nSPS) is 18.3. The Labute approximate surface area is 193 Å². The van der Waals surface area contributed by atoms with Crippen molar-refractivity contribution in [2.24, 2.45) is 0 Å². The van der Waals surface area contributed by atoms with Gasteiger partial charge in [0.2, 0.25) is 5.91 Å². The van der Waals surface area contributed by atoms with Gasteiger partial charge in [0, 0.05) is 55.9 Å². The third kappa shape index (κ3) is 4.23. The second kappa shape index (κ2) is 8.94. The molecule has 0 unspecified atom stereocenters. The van der Waals surface area contributed by atoms with Crippen molar-refractivity contribution < 1.29 is 14.1 Å². The highest BCUT2D eigenvalue weighted by Crippen LogP contribution is 2.24. The Hall–Kier alpha value is -3.26. The maximum Gasteiger partial charge on any atom is 0.256 e. The number of pyridine rings is 1. The van der Waals surface area contributed by atoms with Crippen LogP contribution in [0.1, 0.15) is 40.2 Å². The monoisotopic (exact) mass is 447 g/mol. The molecule has 0 N–H and O–H groups in total. The predicted molar refractivity (Wildman–Crippen MR) is 124 cm³/mol. The second-order valence-electron chi connectivity index (χ2n) is 9.00. The molecule has 1 aromatic carbocycles. The number of carbonyl (C=O) groups is 2. The minimum Gasteiger partial charge on any atom is -0.361 e. The van der Waals surface area contributed by atoms with Crippen LogP contribution in [0.15, 0.2) is 41.1 Å². The summed E-state index contributed by atoms with van der Waals surface area (Å²) < 4.78 is 5.29. The van der Waals surface area contributed by atoms with Crippen LogP contribution in [-0.4, -0.2) is 75.4 Å². The number of piperazine rings is 1. The highest BCUT2D eigenvalue weighted by atomic mass is 16.5. The van der Waals surface area contributed by atoms with E-state index in [2.05, 4.69) is 15.0 Å². The van der Waals surface area contributed by atoms with Gasteiger partial charge in [-0.1, -0.05) is 23.4 Å². The van der Waals surface area contributed by atoms with Crippen LogP contribution in [0.2, 0.25) is 0 Å². The van der Waals surface area contributed by atoms with E-state index in [0.717, 1.165) is 49.3 Å². The van der Waals surface area contributed by atoms with Crippen LogP contribution in [0.3, 0.4) is 0 Å². The maximum atomic E-state index is 13.2. The summed E-state index contributed by atoms with van der Waals surface area (Å²) in [6.45, 7) is 7.89. The lowest BCUT2D eigenvalue weighted by molar-refractivity contribution is -0.138. The zero-order valence-corrected chi connectivity index (χ0v) is 19.2. The molecule has 2 fully saturated rings. The number of aromatic nitrogens is 2. The summed E-state index contributed by atoms with van der Waals surface area (Å²) in [7, 11) is 0. The summed E-state index contributed by atoms with van der Waals surface area (Å²) in [6.07, 6.45) is 3.58. The minimum absolute atomic E-state index is 0.0342. The van der Waals surface area contributed by atoms with E-state index in [4.69, 9.17) is 4.52 Å². The molecule has 0 atom stereocenters. The molecule has 3 aromatic rings. The van der Waals surface area contributed by atoms with Crippen molar-refractivity contribution in [1.29, 1.82) is 0 Å². The van der Waals surface area contributed by atoms with Crippen molar-refractivity contribution in [2.75, 3.05) is 32.7 Å². The Morgan fingerprint density at radius 1 is 1.09 bits per heavy atom. The van der Waals surface area contributed by atoms with Gasteiger partial charge in [-0.25, -0.2) is 0 Å². The van der Waals surface area contributed by atoms with Crippen LogP contribution in [0, 0.1) is 13.8 Å². The Morgan fingerprint density at radius 3 is 2.61 bits per heavy atom. The minimum atomic E-state index is -0.124. The molecule has 172 valence electrons. The highest BCUT2D eigenvalue weighted by molar-refractivity contribution is 6.06. The van der Waals surface area contributed by atoms with Crippen LogP contribution >= 0.6 is 0 Å². The first-order chi connectivity index (χ1) is 16.0. The summed E-state index contributed by atoms with van der Waals surface area (Å²) in [5, 5.41) is 4.98. The molecule has 2 saturated heterocycles. The molecule has 0 bridgehead atoms. The molecule has 8 heteroatoms. The van der Waals surface area contributed by atoms with E-state index in [1.54, 1.807) is 17.2 Å². The van der Waals surface area contributed by atoms with Crippen LogP contribution in [0.4, 0.5) is 0 Å². The fraction of sp³-hybridized carbons (Fsp3) is 0.440. The summed E-state index contributed by atoms with van der Waals surface area (Å²) in [5.74, 6) is 0.792. The molecule has 4 heterocycles. The molecule has 2 amide bonds. The van der Waals surface area contributed by atoms with Crippen LogP contribution in [-0.2, 0) is 11.3 Å². The molecule has 0 aliphatic carbocycles. The van der Waals surface area contributed by atoms with E-state index >= 15 is 0 Å². The third-order valence-electron chi connectivity index (χ3n) is 6.97. The number of amides is 2. The van der Waals surface area contributed by atoms with E-state index in [0.29, 0.717) is 24.2 Å². The topological polar surface area (TPSA) is 82.8 Å². The van der Waals surface area contributed by atoms with Gasteiger partial charge >= 0.3 is 0 Å². The second-order valence-corrected chi connectivity index (χ2v) is 9.00. The molecule has 5 rings (SSSR count). The number of hydrogen-bond donors (Lipinski definition) is 0. The average Bonchev–Trinajstić information content (AvgIpc) is 3.16. The number of fused-ring (bicyclic) bond motifs is 1. The van der Waals surface area contributed by atoms with Gasteiger partial charge < -0.3 is 14.3 Å². The Balaban J connectivity index is 1.19. The van der Waals surface area contributed by atoms with E-state index < -0.39 is 0 Å². The largest absolute Gasteiger partial charge is 0.361 e. The first-order valence-electron chi connectivity index (χ1n) is 11.6. The molecular formula is C25H29N5O3. The number of hydrogen-bond acceptors (Lipinski definition) is 6. The van der Waals surface area contributed by atoms with E-state index in [-0.39, 0.29) is 24.4 Å². The van der Waals surface area contributed by atoms with Crippen molar-refractivity contribution in [1.82, 2.24) is 24.8 Å². The Morgan fingerprint density at radius 2 is 1.88 bits per heavy atom. The molecule has 2 aromatic heterocycles. The molecule has 2 aliphatic rings. The number of piperidine rings is 1. The maximum absolute atomic E-state index is 13.2. The van der Waals surface area contributed by atoms with Crippen molar-refractivity contribution in [3.05, 3.63) is 59.1 Å². The predicted octanol–water partition coefficient (Wildman–Crippen LogP) is 2.79. The van der Waals surface area contributed by atoms with Crippen molar-refractivity contribution in [3.8, 4) is 0 Å². The zero-order chi connectivity index (χ0) is 22.9. The van der Waals surface area contributed by atoms with Crippen molar-refractivity contribution in [3.63, 3.8) is 0 Å². The average molecular weight is 448 g/mol. The number of benzene rings is 1. The molecule has 2 aliphatic heterocycles. The van der Waals surface area contributed by atoms with Crippen LogP contribution in [0.25, 0.3) is 10.9 Å². The summed E-state index contributed by atoms with van der Waals surface area (Å²) in [5.41, 5.74) is 3.36. The van der Waals surface area contributed by atoms with Gasteiger partial charge in [-0.05, 0) is 38.8 Å². The van der Waals surface area contributed by atoms with Gasteiger partial charge in [0.15, 0.2) is 0 Å². The zero-order valence-electron chi connectivity index (χ0n) is 19.2. The quantitative estimate of drug-likeness (QED) is 0.612. The lowest BCUT2D eigenvalue weighted by atomic mass is 10.0. The fourth-order valence-electron chi connectivity index (χ4n) is 5.03. The number of likely N-dealkylation sites (tertiary alicyclic amines) is 1. The van der Waals surface area contributed by atoms with E-state index in [1.165, 1.54) is 5.56 Å². The van der Waals surface area contributed by atoms with Gasteiger partial charge in [0.25, 0.3) is 5.91 Å². The first-order valence-corrected chi connectivity index (χ1v) is 11.6.